The molecule has 1 amide bonds. The molecule has 3 aromatic heterocycles. The van der Waals surface area contributed by atoms with Gasteiger partial charge >= 0.3 is 6.08 Å². The second kappa shape index (κ2) is 7.08. The van der Waals surface area contributed by atoms with E-state index in [1.54, 1.807) is 0 Å². The zero-order valence-corrected chi connectivity index (χ0v) is 16.8. The molecule has 0 radical (unpaired) electrons. The fourth-order valence-electron chi connectivity index (χ4n) is 3.07. The van der Waals surface area contributed by atoms with Gasteiger partial charge in [0.05, 0.1) is 0 Å². The SMILES string of the molecule is CC(C)(C)Cn1c(O)c(C(=O)NC2CC2)c(=O)n2nc(Nc3ccnc(F)n3)cc12. The van der Waals surface area contributed by atoms with E-state index in [0.29, 0.717) is 6.54 Å². The molecule has 3 aromatic rings. The highest BCUT2D eigenvalue weighted by molar-refractivity contribution is 5.96. The molecule has 3 N–H and O–H groups in total. The van der Waals surface area contributed by atoms with E-state index in [2.05, 4.69) is 25.7 Å². The van der Waals surface area contributed by atoms with Crippen LogP contribution in [0, 0.1) is 11.5 Å². The first-order chi connectivity index (χ1) is 14.1. The molecular weight excluding hydrogens is 393 g/mol. The van der Waals surface area contributed by atoms with Crippen LogP contribution in [0.25, 0.3) is 5.65 Å². The molecular formula is C19H22FN7O3. The number of carbonyl (C=O) groups excluding carboxylic acids is 1. The molecule has 0 spiro atoms. The Kier molecular flexibility index (Phi) is 4.67. The number of halogens is 1. The maximum Gasteiger partial charge on any atom is 0.310 e. The van der Waals surface area contributed by atoms with Crippen LogP contribution in [0.4, 0.5) is 16.0 Å². The van der Waals surface area contributed by atoms with Gasteiger partial charge < -0.3 is 15.7 Å². The number of nitrogens with one attached hydrogen (secondary N) is 2. The molecule has 0 saturated heterocycles. The van der Waals surface area contributed by atoms with Crippen LogP contribution in [0.1, 0.15) is 44.0 Å². The number of rotatable bonds is 5. The summed E-state index contributed by atoms with van der Waals surface area (Å²) in [5.41, 5.74) is -1.09. The van der Waals surface area contributed by atoms with Gasteiger partial charge in [-0.3, -0.25) is 14.2 Å². The fraction of sp³-hybridized carbons (Fsp3) is 0.421. The molecule has 4 rings (SSSR count). The maximum absolute atomic E-state index is 13.3. The largest absolute Gasteiger partial charge is 0.494 e. The predicted octanol–water partition coefficient (Wildman–Crippen LogP) is 1.81. The van der Waals surface area contributed by atoms with E-state index in [1.807, 2.05) is 20.8 Å². The molecule has 1 fully saturated rings. The van der Waals surface area contributed by atoms with Crippen LogP contribution in [-0.2, 0) is 6.54 Å². The summed E-state index contributed by atoms with van der Waals surface area (Å²) in [5.74, 6) is -0.698. The highest BCUT2D eigenvalue weighted by Crippen LogP contribution is 2.27. The third-order valence-electron chi connectivity index (χ3n) is 4.51. The molecule has 10 nitrogen and oxygen atoms in total. The lowest BCUT2D eigenvalue weighted by atomic mass is 9.96. The Hall–Kier alpha value is -3.50. The molecule has 1 aliphatic rings. The zero-order valence-electron chi connectivity index (χ0n) is 16.8. The molecule has 0 atom stereocenters. The summed E-state index contributed by atoms with van der Waals surface area (Å²) in [6.07, 6.45) is 2.02. The van der Waals surface area contributed by atoms with Gasteiger partial charge in [-0.15, -0.1) is 5.10 Å². The lowest BCUT2D eigenvalue weighted by Crippen LogP contribution is -2.35. The van der Waals surface area contributed by atoms with Gasteiger partial charge in [0.15, 0.2) is 11.4 Å². The number of aromatic hydroxyl groups is 1. The van der Waals surface area contributed by atoms with E-state index < -0.39 is 23.4 Å². The third-order valence-corrected chi connectivity index (χ3v) is 4.51. The number of nitrogens with zero attached hydrogens (tertiary/aromatic N) is 5. The van der Waals surface area contributed by atoms with Crippen LogP contribution in [0.3, 0.4) is 0 Å². The molecule has 0 bridgehead atoms. The van der Waals surface area contributed by atoms with Crippen LogP contribution in [0.15, 0.2) is 23.1 Å². The summed E-state index contributed by atoms with van der Waals surface area (Å²) in [6.45, 7) is 6.21. The number of hydrogen-bond donors (Lipinski definition) is 3. The summed E-state index contributed by atoms with van der Waals surface area (Å²) in [5, 5.41) is 20.6. The minimum atomic E-state index is -0.909. The van der Waals surface area contributed by atoms with E-state index in [4.69, 9.17) is 0 Å². The van der Waals surface area contributed by atoms with Crippen molar-refractivity contribution in [2.45, 2.75) is 46.2 Å². The van der Waals surface area contributed by atoms with Gasteiger partial charge in [0.2, 0.25) is 5.88 Å². The quantitative estimate of drug-likeness (QED) is 0.543. The van der Waals surface area contributed by atoms with Crippen molar-refractivity contribution < 1.29 is 14.3 Å². The molecule has 0 aliphatic heterocycles. The number of carbonyl (C=O) groups is 1. The van der Waals surface area contributed by atoms with Crippen LogP contribution in [-0.4, -0.2) is 41.2 Å². The number of anilines is 2. The highest BCUT2D eigenvalue weighted by atomic mass is 19.1. The van der Waals surface area contributed by atoms with Crippen molar-refractivity contribution in [1.82, 2.24) is 29.5 Å². The van der Waals surface area contributed by atoms with Crippen LogP contribution in [0.2, 0.25) is 0 Å². The Bertz CT molecular complexity index is 1190. The van der Waals surface area contributed by atoms with E-state index >= 15 is 0 Å². The monoisotopic (exact) mass is 415 g/mol. The van der Waals surface area contributed by atoms with Crippen LogP contribution >= 0.6 is 0 Å². The molecule has 11 heteroatoms. The first-order valence-corrected chi connectivity index (χ1v) is 9.54. The average molecular weight is 415 g/mol. The second-order valence-electron chi connectivity index (χ2n) is 8.53. The Morgan fingerprint density at radius 1 is 1.33 bits per heavy atom. The fourth-order valence-corrected chi connectivity index (χ4v) is 3.07. The van der Waals surface area contributed by atoms with Crippen LogP contribution in [0.5, 0.6) is 5.88 Å². The molecule has 0 unspecified atom stereocenters. The molecule has 30 heavy (non-hydrogen) atoms. The summed E-state index contributed by atoms with van der Waals surface area (Å²) in [6, 6.07) is 2.99. The summed E-state index contributed by atoms with van der Waals surface area (Å²) < 4.78 is 15.8. The topological polar surface area (TPSA) is 126 Å². The van der Waals surface area contributed by atoms with Crippen molar-refractivity contribution in [3.8, 4) is 5.88 Å². The number of hydrogen-bond acceptors (Lipinski definition) is 7. The summed E-state index contributed by atoms with van der Waals surface area (Å²) >= 11 is 0. The van der Waals surface area contributed by atoms with Crippen LogP contribution < -0.4 is 16.2 Å². The van der Waals surface area contributed by atoms with Crippen molar-refractivity contribution in [2.24, 2.45) is 5.41 Å². The van der Waals surface area contributed by atoms with Gasteiger partial charge in [-0.1, -0.05) is 20.8 Å². The first-order valence-electron chi connectivity index (χ1n) is 9.54. The lowest BCUT2D eigenvalue weighted by molar-refractivity contribution is 0.0944. The minimum absolute atomic E-state index is 0.0190. The van der Waals surface area contributed by atoms with Gasteiger partial charge in [0.25, 0.3) is 11.5 Å². The number of aromatic nitrogens is 5. The molecule has 1 saturated carbocycles. The number of amides is 1. The second-order valence-corrected chi connectivity index (χ2v) is 8.53. The molecule has 3 heterocycles. The predicted molar refractivity (Wildman–Crippen MR) is 106 cm³/mol. The zero-order chi connectivity index (χ0) is 21.6. The van der Waals surface area contributed by atoms with E-state index in [-0.39, 0.29) is 34.3 Å². The van der Waals surface area contributed by atoms with E-state index in [0.717, 1.165) is 17.4 Å². The number of fused-ring (bicyclic) bond motifs is 1. The van der Waals surface area contributed by atoms with Gasteiger partial charge in [-0.25, -0.2) is 4.98 Å². The third kappa shape index (κ3) is 3.95. The lowest BCUT2D eigenvalue weighted by Gasteiger charge is -2.23. The normalized spacial score (nSPS) is 14.1. The van der Waals surface area contributed by atoms with Gasteiger partial charge in [-0.05, 0) is 24.3 Å². The molecule has 1 aliphatic carbocycles. The summed E-state index contributed by atoms with van der Waals surface area (Å²) in [7, 11) is 0. The Morgan fingerprint density at radius 3 is 2.70 bits per heavy atom. The Morgan fingerprint density at radius 2 is 2.07 bits per heavy atom. The van der Waals surface area contributed by atoms with Crippen molar-refractivity contribution in [1.29, 1.82) is 0 Å². The van der Waals surface area contributed by atoms with Gasteiger partial charge in [0.1, 0.15) is 11.5 Å². The van der Waals surface area contributed by atoms with Crippen molar-refractivity contribution in [3.63, 3.8) is 0 Å². The van der Waals surface area contributed by atoms with Gasteiger partial charge in [0, 0.05) is 24.8 Å². The van der Waals surface area contributed by atoms with Gasteiger partial charge in [-0.2, -0.15) is 13.9 Å². The van der Waals surface area contributed by atoms with E-state index in [9.17, 15) is 19.1 Å². The smallest absolute Gasteiger partial charge is 0.310 e. The maximum atomic E-state index is 13.3. The van der Waals surface area contributed by atoms with E-state index in [1.165, 1.54) is 22.9 Å². The molecule has 0 aromatic carbocycles. The standard InChI is InChI=1S/C19H22FN7O3/c1-19(2,3)9-26-13-8-12(23-11-6-7-21-18(20)24-11)25-27(13)17(30)14(16(26)29)15(28)22-10-4-5-10/h6-8,10,29H,4-5,9H2,1-3H3,(H,22,28)(H,21,23,24,25). The average Bonchev–Trinajstić information content (AvgIpc) is 3.34. The molecule has 158 valence electrons. The minimum Gasteiger partial charge on any atom is -0.494 e. The Labute approximate surface area is 170 Å². The van der Waals surface area contributed by atoms with Crippen molar-refractivity contribution in [2.75, 3.05) is 5.32 Å². The first kappa shape index (κ1) is 19.8. The summed E-state index contributed by atoms with van der Waals surface area (Å²) in [4.78, 5) is 32.6. The van der Waals surface area contributed by atoms with Crippen molar-refractivity contribution in [3.05, 3.63) is 40.3 Å². The highest BCUT2D eigenvalue weighted by Gasteiger charge is 2.30. The Balaban J connectivity index is 1.85. The van der Waals surface area contributed by atoms with Crippen molar-refractivity contribution >= 4 is 23.2 Å².